The van der Waals surface area contributed by atoms with E-state index in [4.69, 9.17) is 9.47 Å². The third-order valence-electron chi connectivity index (χ3n) is 3.52. The number of hydrogen-bond donors (Lipinski definition) is 1. The molecule has 0 saturated heterocycles. The quantitative estimate of drug-likeness (QED) is 0.587. The summed E-state index contributed by atoms with van der Waals surface area (Å²) in [4.78, 5) is 0. The lowest BCUT2D eigenvalue weighted by atomic mass is 10.1. The van der Waals surface area contributed by atoms with Gasteiger partial charge >= 0.3 is 0 Å². The number of unbranched alkanes of at least 4 members (excludes halogenated alkanes) is 3. The van der Waals surface area contributed by atoms with Crippen molar-refractivity contribution in [2.24, 2.45) is 0 Å². The van der Waals surface area contributed by atoms with Crippen molar-refractivity contribution < 1.29 is 9.47 Å². The van der Waals surface area contributed by atoms with Gasteiger partial charge in [-0.25, -0.2) is 0 Å². The van der Waals surface area contributed by atoms with Gasteiger partial charge in [-0.1, -0.05) is 44.7 Å². The maximum Gasteiger partial charge on any atom is 0.119 e. The van der Waals surface area contributed by atoms with Crippen LogP contribution >= 0.6 is 0 Å². The monoisotopic (exact) mass is 293 g/mol. The minimum absolute atomic E-state index is 0.337. The van der Waals surface area contributed by atoms with Gasteiger partial charge in [0.1, 0.15) is 12.4 Å². The van der Waals surface area contributed by atoms with Crippen LogP contribution in [0, 0.1) is 0 Å². The normalized spacial score (nSPS) is 12.3. The smallest absolute Gasteiger partial charge is 0.119 e. The number of nitrogens with one attached hydrogen (secondary N) is 1. The van der Waals surface area contributed by atoms with Crippen LogP contribution in [0.5, 0.6) is 5.75 Å². The molecular weight excluding hydrogens is 262 g/mol. The van der Waals surface area contributed by atoms with Gasteiger partial charge < -0.3 is 14.8 Å². The molecule has 0 heterocycles. The van der Waals surface area contributed by atoms with Crippen LogP contribution in [0.2, 0.25) is 0 Å². The predicted molar refractivity (Wildman–Crippen MR) is 88.9 cm³/mol. The van der Waals surface area contributed by atoms with Crippen LogP contribution in [0.4, 0.5) is 0 Å². The molecule has 1 rings (SSSR count). The third kappa shape index (κ3) is 8.74. The third-order valence-corrected chi connectivity index (χ3v) is 3.52. The van der Waals surface area contributed by atoms with Gasteiger partial charge in [0, 0.05) is 6.54 Å². The fourth-order valence-electron chi connectivity index (χ4n) is 2.26. The summed E-state index contributed by atoms with van der Waals surface area (Å²) < 4.78 is 11.5. The molecule has 0 aliphatic heterocycles. The molecule has 21 heavy (non-hydrogen) atoms. The Morgan fingerprint density at radius 3 is 2.48 bits per heavy atom. The van der Waals surface area contributed by atoms with E-state index in [0.717, 1.165) is 18.7 Å². The largest absolute Gasteiger partial charge is 0.491 e. The molecule has 3 heteroatoms. The first-order valence-corrected chi connectivity index (χ1v) is 8.24. The molecule has 0 aliphatic carbocycles. The molecule has 0 radical (unpaired) electrons. The number of ether oxygens (including phenoxy) is 2. The Balaban J connectivity index is 2.07. The Bertz CT molecular complexity index is 351. The Morgan fingerprint density at radius 2 is 1.81 bits per heavy atom. The molecule has 0 fully saturated rings. The minimum Gasteiger partial charge on any atom is -0.491 e. The SMILES string of the molecule is CCCCCCC(C)OCCOc1ccc(CNC)cc1. The van der Waals surface area contributed by atoms with E-state index in [1.165, 1.54) is 31.2 Å². The standard InChI is InChI=1S/C18H31NO2/c1-4-5-6-7-8-16(2)20-13-14-21-18-11-9-17(10-12-18)15-19-3/h9-12,16,19H,4-8,13-15H2,1-3H3. The van der Waals surface area contributed by atoms with Gasteiger partial charge in [0.2, 0.25) is 0 Å². The lowest BCUT2D eigenvalue weighted by molar-refractivity contribution is 0.0384. The van der Waals surface area contributed by atoms with Gasteiger partial charge in [-0.3, -0.25) is 0 Å². The molecule has 3 nitrogen and oxygen atoms in total. The van der Waals surface area contributed by atoms with E-state index < -0.39 is 0 Å². The molecular formula is C18H31NO2. The van der Waals surface area contributed by atoms with Crippen molar-refractivity contribution in [1.29, 1.82) is 0 Å². The van der Waals surface area contributed by atoms with E-state index in [1.54, 1.807) is 0 Å². The minimum atomic E-state index is 0.337. The van der Waals surface area contributed by atoms with Crippen LogP contribution in [-0.2, 0) is 11.3 Å². The van der Waals surface area contributed by atoms with Gasteiger partial charge in [-0.15, -0.1) is 0 Å². The summed E-state index contributed by atoms with van der Waals surface area (Å²) >= 11 is 0. The van der Waals surface area contributed by atoms with Crippen molar-refractivity contribution in [3.8, 4) is 5.75 Å². The molecule has 1 aromatic carbocycles. The van der Waals surface area contributed by atoms with Crippen molar-refractivity contribution in [3.05, 3.63) is 29.8 Å². The maximum atomic E-state index is 5.77. The Labute approximate surface area is 130 Å². The molecule has 1 unspecified atom stereocenters. The summed E-state index contributed by atoms with van der Waals surface area (Å²) in [7, 11) is 1.95. The van der Waals surface area contributed by atoms with Gasteiger partial charge in [0.05, 0.1) is 12.7 Å². The highest BCUT2D eigenvalue weighted by Crippen LogP contribution is 2.12. The van der Waals surface area contributed by atoms with Crippen LogP contribution in [0.3, 0.4) is 0 Å². The fourth-order valence-corrected chi connectivity index (χ4v) is 2.26. The van der Waals surface area contributed by atoms with Gasteiger partial charge in [0.25, 0.3) is 0 Å². The van der Waals surface area contributed by atoms with Crippen molar-refractivity contribution in [2.45, 2.75) is 58.6 Å². The second-order valence-electron chi connectivity index (χ2n) is 5.55. The molecule has 0 aliphatic rings. The molecule has 1 aromatic rings. The Morgan fingerprint density at radius 1 is 1.05 bits per heavy atom. The van der Waals surface area contributed by atoms with Gasteiger partial charge in [-0.05, 0) is 38.1 Å². The van der Waals surface area contributed by atoms with Crippen LogP contribution in [-0.4, -0.2) is 26.4 Å². The van der Waals surface area contributed by atoms with Crippen LogP contribution < -0.4 is 10.1 Å². The summed E-state index contributed by atoms with van der Waals surface area (Å²) in [6.45, 7) is 6.55. The maximum absolute atomic E-state index is 5.77. The van der Waals surface area contributed by atoms with Crippen molar-refractivity contribution in [3.63, 3.8) is 0 Å². The first-order valence-electron chi connectivity index (χ1n) is 8.24. The Kier molecular flexibility index (Phi) is 9.92. The highest BCUT2D eigenvalue weighted by Gasteiger charge is 2.02. The first kappa shape index (κ1) is 18.0. The summed E-state index contributed by atoms with van der Waals surface area (Å²) in [5.41, 5.74) is 1.27. The lowest BCUT2D eigenvalue weighted by Crippen LogP contribution is -2.14. The summed E-state index contributed by atoms with van der Waals surface area (Å²) in [5.74, 6) is 0.911. The number of hydrogen-bond acceptors (Lipinski definition) is 3. The van der Waals surface area contributed by atoms with Crippen molar-refractivity contribution in [1.82, 2.24) is 5.32 Å². The molecule has 0 bridgehead atoms. The average molecular weight is 293 g/mol. The summed E-state index contributed by atoms with van der Waals surface area (Å²) in [5, 5.41) is 3.13. The van der Waals surface area contributed by atoms with E-state index >= 15 is 0 Å². The predicted octanol–water partition coefficient (Wildman–Crippen LogP) is 4.16. The zero-order chi connectivity index (χ0) is 15.3. The van der Waals surface area contributed by atoms with E-state index in [2.05, 4.69) is 31.3 Å². The molecule has 0 spiro atoms. The van der Waals surface area contributed by atoms with Crippen molar-refractivity contribution >= 4 is 0 Å². The summed E-state index contributed by atoms with van der Waals surface area (Å²) in [6.07, 6.45) is 6.69. The molecule has 1 N–H and O–H groups in total. The van der Waals surface area contributed by atoms with Crippen molar-refractivity contribution in [2.75, 3.05) is 20.3 Å². The molecule has 1 atom stereocenters. The lowest BCUT2D eigenvalue weighted by Gasteiger charge is -2.13. The fraction of sp³-hybridized carbons (Fsp3) is 0.667. The topological polar surface area (TPSA) is 30.5 Å². The highest BCUT2D eigenvalue weighted by molar-refractivity contribution is 5.27. The summed E-state index contributed by atoms with van der Waals surface area (Å²) in [6, 6.07) is 8.20. The highest BCUT2D eigenvalue weighted by atomic mass is 16.5. The van der Waals surface area contributed by atoms with Crippen LogP contribution in [0.15, 0.2) is 24.3 Å². The number of rotatable bonds is 12. The first-order chi connectivity index (χ1) is 10.3. The van der Waals surface area contributed by atoms with E-state index in [0.29, 0.717) is 19.3 Å². The molecule has 0 saturated carbocycles. The zero-order valence-electron chi connectivity index (χ0n) is 13.9. The van der Waals surface area contributed by atoms with E-state index in [9.17, 15) is 0 Å². The van der Waals surface area contributed by atoms with Gasteiger partial charge in [0.15, 0.2) is 0 Å². The number of benzene rings is 1. The van der Waals surface area contributed by atoms with Crippen LogP contribution in [0.25, 0.3) is 0 Å². The average Bonchev–Trinajstić information content (AvgIpc) is 2.50. The second-order valence-corrected chi connectivity index (χ2v) is 5.55. The molecule has 0 amide bonds. The molecule has 0 aromatic heterocycles. The van der Waals surface area contributed by atoms with Gasteiger partial charge in [-0.2, -0.15) is 0 Å². The van der Waals surface area contributed by atoms with E-state index in [-0.39, 0.29) is 0 Å². The molecule has 120 valence electrons. The van der Waals surface area contributed by atoms with E-state index in [1.807, 2.05) is 19.2 Å². The Hall–Kier alpha value is -1.06. The zero-order valence-corrected chi connectivity index (χ0v) is 13.9. The second kappa shape index (κ2) is 11.6. The van der Waals surface area contributed by atoms with Crippen LogP contribution in [0.1, 0.15) is 51.5 Å².